The fraction of sp³-hybridized carbons (Fsp3) is 0.562. The average Bonchev–Trinajstić information content (AvgIpc) is 3.32. The summed E-state index contributed by atoms with van der Waals surface area (Å²) >= 11 is 0. The van der Waals surface area contributed by atoms with Gasteiger partial charge in [-0.05, 0) is 49.9 Å². The van der Waals surface area contributed by atoms with E-state index in [1.165, 1.54) is 12.1 Å². The van der Waals surface area contributed by atoms with E-state index in [2.05, 4.69) is 15.4 Å². The first-order valence-corrected chi connectivity index (χ1v) is 10.0. The highest BCUT2D eigenvalue weighted by molar-refractivity contribution is 7.89. The lowest BCUT2D eigenvalue weighted by Gasteiger charge is -2.23. The second-order valence-corrected chi connectivity index (χ2v) is 8.58. The smallest absolute Gasteiger partial charge is 0.269 e. The van der Waals surface area contributed by atoms with Gasteiger partial charge in [0.1, 0.15) is 0 Å². The Kier molecular flexibility index (Phi) is 6.79. The van der Waals surface area contributed by atoms with E-state index in [1.807, 2.05) is 0 Å². The van der Waals surface area contributed by atoms with Crippen molar-refractivity contribution in [2.45, 2.75) is 24.2 Å². The first-order valence-electron chi connectivity index (χ1n) is 8.57. The van der Waals surface area contributed by atoms with Gasteiger partial charge >= 0.3 is 0 Å². The molecule has 27 heavy (non-hydrogen) atoms. The molecule has 11 heteroatoms. The Morgan fingerprint density at radius 2 is 1.85 bits per heavy atom. The number of nitrogens with one attached hydrogen (secondary N) is 3. The lowest BCUT2D eigenvalue weighted by Crippen LogP contribution is -2.37. The fourth-order valence-electron chi connectivity index (χ4n) is 3.52. The molecule has 1 heterocycles. The lowest BCUT2D eigenvalue weighted by molar-refractivity contribution is -0.384. The number of nitro benzene ring substituents is 1. The summed E-state index contributed by atoms with van der Waals surface area (Å²) in [6.45, 7) is 2.15. The van der Waals surface area contributed by atoms with Crippen LogP contribution in [0.15, 0.2) is 29.2 Å². The van der Waals surface area contributed by atoms with Crippen molar-refractivity contribution in [1.29, 1.82) is 0 Å². The Hall–Kier alpha value is -1.75. The average molecular weight is 419 g/mol. The normalized spacial score (nSPS) is 20.5. The Labute approximate surface area is 163 Å². The molecule has 2 aliphatic rings. The van der Waals surface area contributed by atoms with Crippen LogP contribution in [0, 0.1) is 21.4 Å². The maximum absolute atomic E-state index is 12.2. The number of hydrogen-bond donors (Lipinski definition) is 3. The number of carbonyl (C=O) groups is 1. The van der Waals surface area contributed by atoms with Crippen molar-refractivity contribution in [2.75, 3.05) is 26.2 Å². The van der Waals surface area contributed by atoms with Gasteiger partial charge in [-0.1, -0.05) is 0 Å². The van der Waals surface area contributed by atoms with Gasteiger partial charge in [-0.15, -0.1) is 12.4 Å². The van der Waals surface area contributed by atoms with Gasteiger partial charge in [0.25, 0.3) is 5.69 Å². The van der Waals surface area contributed by atoms with Crippen LogP contribution in [0.2, 0.25) is 0 Å². The minimum Gasteiger partial charge on any atom is -0.355 e. The van der Waals surface area contributed by atoms with E-state index in [0.29, 0.717) is 0 Å². The first-order chi connectivity index (χ1) is 12.3. The number of amides is 1. The highest BCUT2D eigenvalue weighted by Crippen LogP contribution is 2.58. The van der Waals surface area contributed by atoms with Gasteiger partial charge in [0.2, 0.25) is 15.9 Å². The summed E-state index contributed by atoms with van der Waals surface area (Å²) in [6.07, 6.45) is 2.94. The van der Waals surface area contributed by atoms with Crippen LogP contribution in [0.5, 0.6) is 0 Å². The largest absolute Gasteiger partial charge is 0.355 e. The van der Waals surface area contributed by atoms with Gasteiger partial charge in [-0.2, -0.15) is 0 Å². The molecule has 1 amide bonds. The predicted octanol–water partition coefficient (Wildman–Crippen LogP) is 0.801. The molecule has 0 bridgehead atoms. The number of non-ortho nitro benzene ring substituents is 1. The number of sulfonamides is 1. The Balaban J connectivity index is 0.00000261. The van der Waals surface area contributed by atoms with Crippen molar-refractivity contribution in [2.24, 2.45) is 11.3 Å². The van der Waals surface area contributed by atoms with E-state index >= 15 is 0 Å². The summed E-state index contributed by atoms with van der Waals surface area (Å²) in [5, 5.41) is 16.7. The molecule has 3 rings (SSSR count). The fourth-order valence-corrected chi connectivity index (χ4v) is 4.55. The van der Waals surface area contributed by atoms with Crippen LogP contribution in [0.1, 0.15) is 19.3 Å². The molecule has 1 aromatic rings. The third kappa shape index (κ3) is 4.95. The standard InChI is InChI=1S/C16H22N4O5S.ClH/c21-15(14-11-16(14)5-7-17-8-6-16)18-9-10-19-26(24,25)13-3-1-12(2-4-13)20(22)23;/h1-4,14,17,19H,5-11H2,(H,18,21);1H. The molecule has 1 atom stereocenters. The molecule has 1 saturated carbocycles. The number of nitrogens with zero attached hydrogens (tertiary/aromatic N) is 1. The molecule has 2 fully saturated rings. The van der Waals surface area contributed by atoms with E-state index in [9.17, 15) is 23.3 Å². The quantitative estimate of drug-likeness (QED) is 0.341. The van der Waals surface area contributed by atoms with Crippen molar-refractivity contribution in [1.82, 2.24) is 15.4 Å². The Morgan fingerprint density at radius 1 is 1.22 bits per heavy atom. The number of nitro groups is 1. The van der Waals surface area contributed by atoms with Crippen LogP contribution < -0.4 is 15.4 Å². The maximum atomic E-state index is 12.2. The third-order valence-corrected chi connectivity index (χ3v) is 6.66. The Morgan fingerprint density at radius 3 is 2.44 bits per heavy atom. The Bertz CT molecular complexity index is 794. The second-order valence-electron chi connectivity index (χ2n) is 6.81. The lowest BCUT2D eigenvalue weighted by atomic mass is 9.92. The van der Waals surface area contributed by atoms with E-state index in [1.54, 1.807) is 0 Å². The van der Waals surface area contributed by atoms with Crippen molar-refractivity contribution < 1.29 is 18.1 Å². The molecule has 1 aliphatic heterocycles. The van der Waals surface area contributed by atoms with Crippen LogP contribution in [-0.2, 0) is 14.8 Å². The summed E-state index contributed by atoms with van der Waals surface area (Å²) in [5.74, 6) is 0.0253. The number of carbonyl (C=O) groups excluding carboxylic acids is 1. The highest BCUT2D eigenvalue weighted by Gasteiger charge is 2.57. The van der Waals surface area contributed by atoms with Gasteiger partial charge in [0, 0.05) is 31.1 Å². The summed E-state index contributed by atoms with van der Waals surface area (Å²) in [6, 6.07) is 4.65. The maximum Gasteiger partial charge on any atom is 0.269 e. The predicted molar refractivity (Wildman–Crippen MR) is 101 cm³/mol. The number of halogens is 1. The molecule has 0 aromatic heterocycles. The molecule has 1 aliphatic carbocycles. The van der Waals surface area contributed by atoms with Crippen LogP contribution in [0.3, 0.4) is 0 Å². The van der Waals surface area contributed by atoms with Gasteiger partial charge in [0.05, 0.1) is 9.82 Å². The van der Waals surface area contributed by atoms with Crippen molar-refractivity contribution in [3.8, 4) is 0 Å². The monoisotopic (exact) mass is 418 g/mol. The molecule has 9 nitrogen and oxygen atoms in total. The van der Waals surface area contributed by atoms with Crippen LogP contribution in [0.4, 0.5) is 5.69 Å². The molecule has 0 radical (unpaired) electrons. The van der Waals surface area contributed by atoms with E-state index in [0.717, 1.165) is 44.5 Å². The van der Waals surface area contributed by atoms with Gasteiger partial charge < -0.3 is 10.6 Å². The van der Waals surface area contributed by atoms with E-state index < -0.39 is 14.9 Å². The van der Waals surface area contributed by atoms with Crippen LogP contribution in [0.25, 0.3) is 0 Å². The van der Waals surface area contributed by atoms with Crippen LogP contribution >= 0.6 is 12.4 Å². The number of hydrogen-bond acceptors (Lipinski definition) is 6. The number of piperidine rings is 1. The molecule has 3 N–H and O–H groups in total. The molecular formula is C16H23ClN4O5S. The van der Waals surface area contributed by atoms with E-state index in [4.69, 9.17) is 0 Å². The molecular weight excluding hydrogens is 396 g/mol. The number of rotatable bonds is 7. The van der Waals surface area contributed by atoms with Gasteiger partial charge in [-0.25, -0.2) is 13.1 Å². The van der Waals surface area contributed by atoms with Gasteiger partial charge in [-0.3, -0.25) is 14.9 Å². The molecule has 150 valence electrons. The summed E-state index contributed by atoms with van der Waals surface area (Å²) in [4.78, 5) is 22.2. The summed E-state index contributed by atoms with van der Waals surface area (Å²) < 4.78 is 26.7. The SMILES string of the molecule is Cl.O=C(NCCNS(=O)(=O)c1ccc([N+](=O)[O-])cc1)C1CC12CCNCC2. The zero-order valence-corrected chi connectivity index (χ0v) is 16.3. The zero-order chi connectivity index (χ0) is 18.8. The summed E-state index contributed by atoms with van der Waals surface area (Å²) in [7, 11) is -3.76. The molecule has 1 unspecified atom stereocenters. The topological polar surface area (TPSA) is 130 Å². The van der Waals surface area contributed by atoms with Crippen LogP contribution in [-0.4, -0.2) is 45.4 Å². The molecule has 1 aromatic carbocycles. The third-order valence-electron chi connectivity index (χ3n) is 5.18. The first kappa shape index (κ1) is 21.5. The minimum atomic E-state index is -3.76. The number of benzene rings is 1. The van der Waals surface area contributed by atoms with Gasteiger partial charge in [0.15, 0.2) is 0 Å². The minimum absolute atomic E-state index is 0. The zero-order valence-electron chi connectivity index (χ0n) is 14.6. The highest BCUT2D eigenvalue weighted by atomic mass is 35.5. The molecule has 1 spiro atoms. The second kappa shape index (κ2) is 8.51. The van der Waals surface area contributed by atoms with E-state index in [-0.39, 0.29) is 53.3 Å². The van der Waals surface area contributed by atoms with Crippen molar-refractivity contribution in [3.05, 3.63) is 34.4 Å². The molecule has 1 saturated heterocycles. The van der Waals surface area contributed by atoms with Crippen molar-refractivity contribution >= 4 is 34.0 Å². The van der Waals surface area contributed by atoms with Crippen molar-refractivity contribution in [3.63, 3.8) is 0 Å². The summed E-state index contributed by atoms with van der Waals surface area (Å²) in [5.41, 5.74) is -0.0272.